The van der Waals surface area contributed by atoms with Gasteiger partial charge in [-0.1, -0.05) is 0 Å². The number of nitrogens with two attached hydrogens (primary N) is 1. The summed E-state index contributed by atoms with van der Waals surface area (Å²) in [5.74, 6) is -2.47. The van der Waals surface area contributed by atoms with E-state index in [0.29, 0.717) is 0 Å². The summed E-state index contributed by atoms with van der Waals surface area (Å²) < 4.78 is 12.9. The highest BCUT2D eigenvalue weighted by Crippen LogP contribution is 2.27. The Bertz CT molecular complexity index is 340. The number of aromatic hydroxyl groups is 1. The van der Waals surface area contributed by atoms with Crippen molar-refractivity contribution in [1.82, 2.24) is 0 Å². The van der Waals surface area contributed by atoms with Crippen molar-refractivity contribution >= 4 is 21.8 Å². The van der Waals surface area contributed by atoms with E-state index in [0.717, 1.165) is 6.07 Å². The van der Waals surface area contributed by atoms with Crippen LogP contribution in [0.15, 0.2) is 16.6 Å². The van der Waals surface area contributed by atoms with Crippen LogP contribution >= 0.6 is 15.9 Å². The molecule has 1 amide bonds. The molecule has 3 nitrogen and oxygen atoms in total. The van der Waals surface area contributed by atoms with Gasteiger partial charge < -0.3 is 10.8 Å². The molecule has 1 aromatic rings. The molecule has 3 N–H and O–H groups in total. The normalized spacial score (nSPS) is 9.83. The van der Waals surface area contributed by atoms with Crippen molar-refractivity contribution < 1.29 is 14.3 Å². The molecule has 0 bridgehead atoms. The van der Waals surface area contributed by atoms with E-state index >= 15 is 0 Å². The first-order chi connectivity index (χ1) is 5.54. The average molecular weight is 234 g/mol. The zero-order valence-corrected chi connectivity index (χ0v) is 7.43. The Kier molecular flexibility index (Phi) is 2.32. The summed E-state index contributed by atoms with van der Waals surface area (Å²) in [6.45, 7) is 0. The van der Waals surface area contributed by atoms with Crippen LogP contribution in [0.25, 0.3) is 0 Å². The predicted molar refractivity (Wildman–Crippen MR) is 44.3 cm³/mol. The lowest BCUT2D eigenvalue weighted by molar-refractivity contribution is 0.0996. The molecule has 0 aliphatic rings. The quantitative estimate of drug-likeness (QED) is 0.771. The van der Waals surface area contributed by atoms with Gasteiger partial charge in [0, 0.05) is 4.47 Å². The number of carbonyl (C=O) groups is 1. The third kappa shape index (κ3) is 1.40. The number of hydrogen-bond acceptors (Lipinski definition) is 2. The second-order valence-electron chi connectivity index (χ2n) is 2.12. The van der Waals surface area contributed by atoms with E-state index in [1.54, 1.807) is 0 Å². The van der Waals surface area contributed by atoms with Crippen LogP contribution in [-0.4, -0.2) is 11.0 Å². The Hall–Kier alpha value is -1.10. The highest BCUT2D eigenvalue weighted by molar-refractivity contribution is 9.10. The summed E-state index contributed by atoms with van der Waals surface area (Å²) in [6, 6.07) is 2.33. The van der Waals surface area contributed by atoms with Crippen molar-refractivity contribution in [2.24, 2.45) is 5.73 Å². The third-order valence-electron chi connectivity index (χ3n) is 1.32. The lowest BCUT2D eigenvalue weighted by atomic mass is 10.2. The minimum atomic E-state index is -0.876. The molecule has 5 heteroatoms. The Morgan fingerprint density at radius 2 is 2.17 bits per heavy atom. The largest absolute Gasteiger partial charge is 0.504 e. The molecule has 0 unspecified atom stereocenters. The molecule has 0 fully saturated rings. The average Bonchev–Trinajstić information content (AvgIpc) is 1.97. The second kappa shape index (κ2) is 3.10. The van der Waals surface area contributed by atoms with E-state index < -0.39 is 17.5 Å². The fourth-order valence-corrected chi connectivity index (χ4v) is 1.29. The van der Waals surface area contributed by atoms with Gasteiger partial charge in [-0.3, -0.25) is 4.79 Å². The van der Waals surface area contributed by atoms with E-state index in [-0.39, 0.29) is 10.0 Å². The first kappa shape index (κ1) is 8.99. The summed E-state index contributed by atoms with van der Waals surface area (Å²) in [6.07, 6.45) is 0. The molecule has 1 rings (SSSR count). The van der Waals surface area contributed by atoms with Gasteiger partial charge in [-0.05, 0) is 28.1 Å². The number of phenols is 1. The van der Waals surface area contributed by atoms with E-state index in [4.69, 9.17) is 10.8 Å². The van der Waals surface area contributed by atoms with Gasteiger partial charge >= 0.3 is 0 Å². The fraction of sp³-hybridized carbons (Fsp3) is 0. The summed E-state index contributed by atoms with van der Waals surface area (Å²) in [5.41, 5.74) is 4.65. The first-order valence-electron chi connectivity index (χ1n) is 3.01. The molecule has 64 valence electrons. The molecule has 0 aliphatic carbocycles. The molecule has 0 atom stereocenters. The van der Waals surface area contributed by atoms with Crippen molar-refractivity contribution in [3.8, 4) is 5.75 Å². The Balaban J connectivity index is 3.43. The Labute approximate surface area is 76.1 Å². The van der Waals surface area contributed by atoms with Crippen LogP contribution in [0.1, 0.15) is 10.4 Å². The smallest absolute Gasteiger partial charge is 0.253 e. The molecule has 1 aromatic carbocycles. The van der Waals surface area contributed by atoms with Crippen LogP contribution < -0.4 is 5.73 Å². The highest BCUT2D eigenvalue weighted by atomic mass is 79.9. The molecule has 12 heavy (non-hydrogen) atoms. The van der Waals surface area contributed by atoms with Crippen molar-refractivity contribution in [3.63, 3.8) is 0 Å². The zero-order chi connectivity index (χ0) is 9.30. The minimum Gasteiger partial charge on any atom is -0.504 e. The number of hydrogen-bond donors (Lipinski definition) is 2. The van der Waals surface area contributed by atoms with E-state index in [1.165, 1.54) is 6.07 Å². The summed E-state index contributed by atoms with van der Waals surface area (Å²) in [4.78, 5) is 10.7. The second-order valence-corrected chi connectivity index (χ2v) is 2.97. The van der Waals surface area contributed by atoms with Gasteiger partial charge in [-0.25, -0.2) is 4.39 Å². The number of benzene rings is 1. The van der Waals surface area contributed by atoms with Crippen LogP contribution in [0.3, 0.4) is 0 Å². The number of carbonyl (C=O) groups excluding carboxylic acids is 1. The van der Waals surface area contributed by atoms with E-state index in [1.807, 2.05) is 0 Å². The van der Waals surface area contributed by atoms with Gasteiger partial charge in [0.15, 0.2) is 11.6 Å². The molecular formula is C7H5BrFNO2. The van der Waals surface area contributed by atoms with Gasteiger partial charge in [0.25, 0.3) is 5.91 Å². The SMILES string of the molecule is NC(=O)c1c(Br)ccc(F)c1O. The standard InChI is InChI=1S/C7H5BrFNO2/c8-3-1-2-4(9)6(11)5(3)7(10)12/h1-2,11H,(H2,10,12). The van der Waals surface area contributed by atoms with Crippen LogP contribution in [-0.2, 0) is 0 Å². The molecule has 0 radical (unpaired) electrons. The highest BCUT2D eigenvalue weighted by Gasteiger charge is 2.15. The molecular weight excluding hydrogens is 229 g/mol. The van der Waals surface area contributed by atoms with Crippen LogP contribution in [0, 0.1) is 5.82 Å². The molecule has 0 spiro atoms. The van der Waals surface area contributed by atoms with Gasteiger partial charge in [-0.2, -0.15) is 0 Å². The van der Waals surface area contributed by atoms with Crippen LogP contribution in [0.2, 0.25) is 0 Å². The monoisotopic (exact) mass is 233 g/mol. The molecule has 0 saturated carbocycles. The Morgan fingerprint density at radius 3 is 2.58 bits per heavy atom. The predicted octanol–water partition coefficient (Wildman–Crippen LogP) is 1.39. The zero-order valence-electron chi connectivity index (χ0n) is 5.84. The molecule has 0 aliphatic heterocycles. The van der Waals surface area contributed by atoms with Crippen molar-refractivity contribution in [1.29, 1.82) is 0 Å². The topological polar surface area (TPSA) is 63.3 Å². The Morgan fingerprint density at radius 1 is 1.58 bits per heavy atom. The van der Waals surface area contributed by atoms with Crippen molar-refractivity contribution in [2.75, 3.05) is 0 Å². The fourth-order valence-electron chi connectivity index (χ4n) is 0.776. The lowest BCUT2D eigenvalue weighted by Gasteiger charge is -2.02. The maximum Gasteiger partial charge on any atom is 0.253 e. The number of amides is 1. The van der Waals surface area contributed by atoms with Gasteiger partial charge in [0.2, 0.25) is 0 Å². The molecule has 0 saturated heterocycles. The number of rotatable bonds is 1. The maximum atomic E-state index is 12.6. The van der Waals surface area contributed by atoms with Crippen LogP contribution in [0.5, 0.6) is 5.75 Å². The third-order valence-corrected chi connectivity index (χ3v) is 1.99. The van der Waals surface area contributed by atoms with Gasteiger partial charge in [-0.15, -0.1) is 0 Å². The summed E-state index contributed by atoms with van der Waals surface area (Å²) >= 11 is 2.95. The van der Waals surface area contributed by atoms with Crippen molar-refractivity contribution in [3.05, 3.63) is 28.0 Å². The van der Waals surface area contributed by atoms with Gasteiger partial charge in [0.05, 0.1) is 5.56 Å². The maximum absolute atomic E-state index is 12.6. The summed E-state index contributed by atoms with van der Waals surface area (Å²) in [5, 5.41) is 9.04. The molecule has 0 heterocycles. The lowest BCUT2D eigenvalue weighted by Crippen LogP contribution is -2.12. The molecule has 0 aromatic heterocycles. The minimum absolute atomic E-state index is 0.241. The van der Waals surface area contributed by atoms with Crippen LogP contribution in [0.4, 0.5) is 4.39 Å². The van der Waals surface area contributed by atoms with Gasteiger partial charge in [0.1, 0.15) is 0 Å². The first-order valence-corrected chi connectivity index (χ1v) is 3.80. The van der Waals surface area contributed by atoms with Crippen molar-refractivity contribution in [2.45, 2.75) is 0 Å². The number of halogens is 2. The van der Waals surface area contributed by atoms with E-state index in [9.17, 15) is 9.18 Å². The number of primary amides is 1. The summed E-state index contributed by atoms with van der Waals surface area (Å²) in [7, 11) is 0. The van der Waals surface area contributed by atoms with E-state index in [2.05, 4.69) is 15.9 Å².